The van der Waals surface area contributed by atoms with E-state index in [1.807, 2.05) is 54.6 Å². The van der Waals surface area contributed by atoms with Crippen molar-refractivity contribution in [2.45, 2.75) is 39.2 Å². The van der Waals surface area contributed by atoms with Gasteiger partial charge >= 0.3 is 0 Å². The lowest BCUT2D eigenvalue weighted by molar-refractivity contribution is 0.0954. The first-order valence-corrected chi connectivity index (χ1v) is 8.86. The first kappa shape index (κ1) is 17.2. The second-order valence-electron chi connectivity index (χ2n) is 6.49. The lowest BCUT2D eigenvalue weighted by Crippen LogP contribution is -2.24. The number of hydrogen-bond donors (Lipinski definition) is 1. The molecule has 2 aromatic rings. The van der Waals surface area contributed by atoms with E-state index in [1.165, 1.54) is 6.42 Å². The number of carbonyl (C=O) groups is 1. The van der Waals surface area contributed by atoms with Gasteiger partial charge in [0, 0.05) is 11.3 Å². The zero-order valence-corrected chi connectivity index (χ0v) is 14.6. The van der Waals surface area contributed by atoms with Crippen molar-refractivity contribution < 1.29 is 9.53 Å². The number of rotatable bonds is 5. The molecule has 4 heteroatoms. The van der Waals surface area contributed by atoms with Crippen LogP contribution >= 0.6 is 0 Å². The number of para-hydroxylation sites is 1. The first-order valence-electron chi connectivity index (χ1n) is 8.86. The highest BCUT2D eigenvalue weighted by Gasteiger charge is 2.16. The Morgan fingerprint density at radius 1 is 1.12 bits per heavy atom. The minimum absolute atomic E-state index is 0.166. The Kier molecular flexibility index (Phi) is 5.83. The van der Waals surface area contributed by atoms with Crippen LogP contribution in [0.4, 0.5) is 0 Å². The lowest BCUT2D eigenvalue weighted by Gasteiger charge is -2.19. The highest BCUT2D eigenvalue weighted by atomic mass is 16.5. The number of nitrogens with one attached hydrogen (secondary N) is 1. The number of nitrogens with zero attached hydrogens (tertiary/aromatic N) is 1. The van der Waals surface area contributed by atoms with Crippen LogP contribution in [0.5, 0.6) is 5.75 Å². The number of carbonyl (C=O) groups excluding carboxylic acids is 1. The van der Waals surface area contributed by atoms with Gasteiger partial charge in [-0.15, -0.1) is 0 Å². The van der Waals surface area contributed by atoms with Crippen LogP contribution in [0.3, 0.4) is 0 Å². The summed E-state index contributed by atoms with van der Waals surface area (Å²) in [6, 6.07) is 17.1. The zero-order valence-electron chi connectivity index (χ0n) is 14.6. The molecule has 0 unspecified atom stereocenters. The monoisotopic (exact) mass is 336 g/mol. The normalized spacial score (nSPS) is 18.8. The molecule has 1 saturated carbocycles. The van der Waals surface area contributed by atoms with E-state index in [1.54, 1.807) is 0 Å². The summed E-state index contributed by atoms with van der Waals surface area (Å²) in [5.41, 5.74) is 5.43. The molecule has 0 radical (unpaired) electrons. The molecule has 2 aromatic carbocycles. The van der Waals surface area contributed by atoms with Gasteiger partial charge in [0.1, 0.15) is 12.4 Å². The van der Waals surface area contributed by atoms with Crippen LogP contribution in [-0.2, 0) is 6.61 Å². The predicted octanol–water partition coefficient (Wildman–Crippen LogP) is 4.56. The largest absolute Gasteiger partial charge is 0.489 e. The molecule has 1 aliphatic carbocycles. The third-order valence-electron chi connectivity index (χ3n) is 4.55. The molecular formula is C21H24N2O2. The molecule has 0 heterocycles. The van der Waals surface area contributed by atoms with Gasteiger partial charge in [0.05, 0.1) is 0 Å². The number of ether oxygens (including phenoxy) is 1. The Hall–Kier alpha value is -2.62. The molecule has 0 spiro atoms. The summed E-state index contributed by atoms with van der Waals surface area (Å²) in [5.74, 6) is 1.13. The molecule has 3 rings (SSSR count). The Balaban J connectivity index is 1.54. The third kappa shape index (κ3) is 4.92. The van der Waals surface area contributed by atoms with Crippen LogP contribution in [0.2, 0.25) is 0 Å². The summed E-state index contributed by atoms with van der Waals surface area (Å²) in [7, 11) is 0. The predicted molar refractivity (Wildman–Crippen MR) is 99.7 cm³/mol. The summed E-state index contributed by atoms with van der Waals surface area (Å²) in [6.45, 7) is 2.65. The summed E-state index contributed by atoms with van der Waals surface area (Å²) < 4.78 is 5.71. The van der Waals surface area contributed by atoms with Crippen LogP contribution < -0.4 is 10.2 Å². The van der Waals surface area contributed by atoms with Crippen molar-refractivity contribution in [1.82, 2.24) is 5.43 Å². The maximum absolute atomic E-state index is 12.2. The van der Waals surface area contributed by atoms with E-state index in [2.05, 4.69) is 17.5 Å². The third-order valence-corrected chi connectivity index (χ3v) is 4.55. The summed E-state index contributed by atoms with van der Waals surface area (Å²) in [6.07, 6.45) is 4.55. The highest BCUT2D eigenvalue weighted by Crippen LogP contribution is 2.20. The van der Waals surface area contributed by atoms with Crippen molar-refractivity contribution in [3.05, 3.63) is 65.7 Å². The van der Waals surface area contributed by atoms with Crippen LogP contribution in [0.1, 0.15) is 48.5 Å². The molecule has 0 saturated heterocycles. The van der Waals surface area contributed by atoms with E-state index < -0.39 is 0 Å². The van der Waals surface area contributed by atoms with E-state index in [4.69, 9.17) is 4.74 Å². The molecule has 0 aliphatic heterocycles. The van der Waals surface area contributed by atoms with Gasteiger partial charge in [-0.05, 0) is 55.0 Å². The molecule has 0 aromatic heterocycles. The SMILES string of the molecule is C[C@@H]1CCCC/C1=N/NC(=O)c1ccc(COc2ccccc2)cc1. The van der Waals surface area contributed by atoms with Gasteiger partial charge in [-0.25, -0.2) is 5.43 Å². The van der Waals surface area contributed by atoms with Crippen molar-refractivity contribution in [2.75, 3.05) is 0 Å². The van der Waals surface area contributed by atoms with E-state index in [-0.39, 0.29) is 5.91 Å². The standard InChI is InChI=1S/C21H24N2O2/c1-16-7-5-6-10-20(16)22-23-21(24)18-13-11-17(12-14-18)15-25-19-8-3-2-4-9-19/h2-4,8-9,11-14,16H,5-7,10,15H2,1H3,(H,23,24)/b22-20-/t16-/m1/s1. The Morgan fingerprint density at radius 2 is 1.88 bits per heavy atom. The number of amides is 1. The Morgan fingerprint density at radius 3 is 2.60 bits per heavy atom. The molecule has 1 N–H and O–H groups in total. The summed E-state index contributed by atoms with van der Waals surface area (Å²) >= 11 is 0. The highest BCUT2D eigenvalue weighted by molar-refractivity contribution is 5.95. The van der Waals surface area contributed by atoms with Gasteiger partial charge in [0.2, 0.25) is 0 Å². The summed E-state index contributed by atoms with van der Waals surface area (Å²) in [5, 5.41) is 4.33. The van der Waals surface area contributed by atoms with Gasteiger partial charge < -0.3 is 4.74 Å². The Bertz CT molecular complexity index is 723. The van der Waals surface area contributed by atoms with Crippen LogP contribution in [0.25, 0.3) is 0 Å². The van der Waals surface area contributed by atoms with E-state index in [0.29, 0.717) is 18.1 Å². The maximum atomic E-state index is 12.2. The van der Waals surface area contributed by atoms with Crippen molar-refractivity contribution >= 4 is 11.6 Å². The molecule has 1 aliphatic rings. The molecule has 4 nitrogen and oxygen atoms in total. The lowest BCUT2D eigenvalue weighted by atomic mass is 9.89. The summed E-state index contributed by atoms with van der Waals surface area (Å²) in [4.78, 5) is 12.2. The van der Waals surface area contributed by atoms with Gasteiger partial charge in [0.25, 0.3) is 5.91 Å². The van der Waals surface area contributed by atoms with E-state index in [0.717, 1.165) is 36.3 Å². The van der Waals surface area contributed by atoms with Crippen LogP contribution in [0, 0.1) is 5.92 Å². The van der Waals surface area contributed by atoms with Crippen molar-refractivity contribution in [1.29, 1.82) is 0 Å². The number of hydrazone groups is 1. The number of hydrogen-bond acceptors (Lipinski definition) is 3. The average molecular weight is 336 g/mol. The van der Waals surface area contributed by atoms with E-state index in [9.17, 15) is 4.79 Å². The molecule has 1 amide bonds. The molecule has 130 valence electrons. The molecule has 1 atom stereocenters. The fourth-order valence-electron chi connectivity index (χ4n) is 2.96. The first-order chi connectivity index (χ1) is 12.2. The second-order valence-corrected chi connectivity index (χ2v) is 6.49. The smallest absolute Gasteiger partial charge is 0.271 e. The fourth-order valence-corrected chi connectivity index (χ4v) is 2.96. The molecule has 1 fully saturated rings. The molecular weight excluding hydrogens is 312 g/mol. The van der Waals surface area contributed by atoms with Crippen molar-refractivity contribution in [2.24, 2.45) is 11.0 Å². The minimum atomic E-state index is -0.166. The zero-order chi connectivity index (χ0) is 17.5. The van der Waals surface area contributed by atoms with Crippen molar-refractivity contribution in [3.63, 3.8) is 0 Å². The second kappa shape index (κ2) is 8.47. The van der Waals surface area contributed by atoms with Crippen molar-refractivity contribution in [3.8, 4) is 5.75 Å². The van der Waals surface area contributed by atoms with Gasteiger partial charge in [-0.2, -0.15) is 5.10 Å². The quantitative estimate of drug-likeness (QED) is 0.814. The minimum Gasteiger partial charge on any atom is -0.489 e. The van der Waals surface area contributed by atoms with Gasteiger partial charge in [-0.3, -0.25) is 4.79 Å². The van der Waals surface area contributed by atoms with Gasteiger partial charge in [-0.1, -0.05) is 43.7 Å². The Labute approximate surface area is 148 Å². The topological polar surface area (TPSA) is 50.7 Å². The van der Waals surface area contributed by atoms with Gasteiger partial charge in [0.15, 0.2) is 0 Å². The fraction of sp³-hybridized carbons (Fsp3) is 0.333. The van der Waals surface area contributed by atoms with E-state index >= 15 is 0 Å². The van der Waals surface area contributed by atoms with Crippen LogP contribution in [-0.4, -0.2) is 11.6 Å². The average Bonchev–Trinajstić information content (AvgIpc) is 2.67. The number of benzene rings is 2. The van der Waals surface area contributed by atoms with Crippen LogP contribution in [0.15, 0.2) is 59.7 Å². The molecule has 0 bridgehead atoms. The maximum Gasteiger partial charge on any atom is 0.271 e. The molecule has 25 heavy (non-hydrogen) atoms.